The van der Waals surface area contributed by atoms with Gasteiger partial charge in [-0.1, -0.05) is 97.6 Å². The number of rotatable bonds is 2. The van der Waals surface area contributed by atoms with Crippen molar-refractivity contribution < 1.29 is 24.2 Å². The average Bonchev–Trinajstić information content (AvgIpc) is 3.26. The molecule has 0 aliphatic carbocycles. The van der Waals surface area contributed by atoms with E-state index >= 15 is 0 Å². The summed E-state index contributed by atoms with van der Waals surface area (Å²) in [5.74, 6) is 0.656. The molecule has 0 radical (unpaired) electrons. The molecule has 5 heteroatoms. The Hall–Kier alpha value is -1.04. The third kappa shape index (κ3) is 13.7. The van der Waals surface area contributed by atoms with Crippen LogP contribution in [0, 0.1) is 17.8 Å². The average molecular weight is 563 g/mol. The number of hydrogen-bond donors (Lipinski definition) is 1. The molecule has 2 rings (SSSR count). The van der Waals surface area contributed by atoms with Crippen LogP contribution in [0.1, 0.15) is 150 Å². The van der Waals surface area contributed by atoms with Crippen LogP contribution in [-0.4, -0.2) is 47.7 Å². The van der Waals surface area contributed by atoms with Crippen LogP contribution >= 0.6 is 0 Å². The first-order valence-electron chi connectivity index (χ1n) is 16.9. The van der Waals surface area contributed by atoms with E-state index in [1.54, 1.807) is 0 Å². The zero-order valence-electron chi connectivity index (χ0n) is 26.5. The normalized spacial score (nSPS) is 34.7. The Bertz CT molecular complexity index is 733. The van der Waals surface area contributed by atoms with Gasteiger partial charge < -0.3 is 14.6 Å². The molecule has 2 saturated heterocycles. The van der Waals surface area contributed by atoms with Gasteiger partial charge in [0.15, 0.2) is 5.78 Å². The van der Waals surface area contributed by atoms with Crippen molar-refractivity contribution in [3.63, 3.8) is 0 Å². The monoisotopic (exact) mass is 562 g/mol. The molecule has 0 aromatic rings. The molecule has 5 nitrogen and oxygen atoms in total. The Morgan fingerprint density at radius 3 is 2.17 bits per heavy atom. The Morgan fingerprint density at radius 2 is 1.48 bits per heavy atom. The highest BCUT2D eigenvalue weighted by Gasteiger charge is 2.35. The van der Waals surface area contributed by atoms with E-state index in [1.165, 1.54) is 38.5 Å². The topological polar surface area (TPSA) is 72.8 Å². The van der Waals surface area contributed by atoms with Gasteiger partial charge in [0.25, 0.3) is 0 Å². The summed E-state index contributed by atoms with van der Waals surface area (Å²) in [6.07, 6.45) is 18.3. The third-order valence-electron chi connectivity index (χ3n) is 9.26. The van der Waals surface area contributed by atoms with Crippen molar-refractivity contribution in [1.82, 2.24) is 0 Å². The predicted octanol–water partition coefficient (Wildman–Crippen LogP) is 8.55. The highest BCUT2D eigenvalue weighted by atomic mass is 16.5. The Morgan fingerprint density at radius 1 is 0.825 bits per heavy atom. The lowest BCUT2D eigenvalue weighted by Gasteiger charge is -2.22. The molecule has 0 saturated carbocycles. The Balaban J connectivity index is 1.91. The molecule has 0 amide bonds. The number of ether oxygens (including phenoxy) is 2. The largest absolute Gasteiger partial charge is 0.385 e. The SMILES string of the molecule is C=C1C[C@@H](CCC)OCCCCCCCCCCC(=O)[C@@H](C)CCCC[C@@H]2O[C@@H](C[C@H](O)C(=O)[C@H](C)C1)C[C@@H]2C. The summed E-state index contributed by atoms with van der Waals surface area (Å²) in [6.45, 7) is 13.5. The van der Waals surface area contributed by atoms with Crippen molar-refractivity contribution in [2.75, 3.05) is 6.61 Å². The summed E-state index contributed by atoms with van der Waals surface area (Å²) in [6, 6.07) is 0. The number of Topliss-reactive ketones (excluding diaryl/α,β-unsaturated/α-hetero) is 2. The van der Waals surface area contributed by atoms with Crippen LogP contribution in [-0.2, 0) is 19.1 Å². The molecule has 7 atom stereocenters. The molecule has 0 unspecified atom stereocenters. The molecule has 2 aliphatic rings. The van der Waals surface area contributed by atoms with Gasteiger partial charge in [-0.3, -0.25) is 9.59 Å². The number of carbonyl (C=O) groups excluding carboxylic acids is 2. The molecule has 2 bridgehead atoms. The molecule has 1 N–H and O–H groups in total. The summed E-state index contributed by atoms with van der Waals surface area (Å²) >= 11 is 0. The molecule has 2 fully saturated rings. The van der Waals surface area contributed by atoms with Crippen LogP contribution < -0.4 is 0 Å². The summed E-state index contributed by atoms with van der Waals surface area (Å²) in [5.41, 5.74) is 1.04. The fraction of sp³-hybridized carbons (Fsp3) is 0.886. The molecule has 0 spiro atoms. The second-order valence-electron chi connectivity index (χ2n) is 13.2. The predicted molar refractivity (Wildman–Crippen MR) is 164 cm³/mol. The molecular formula is C35H62O5. The highest BCUT2D eigenvalue weighted by Crippen LogP contribution is 2.33. The second-order valence-corrected chi connectivity index (χ2v) is 13.2. The van der Waals surface area contributed by atoms with Gasteiger partial charge in [-0.05, 0) is 57.3 Å². The van der Waals surface area contributed by atoms with Gasteiger partial charge in [-0.25, -0.2) is 0 Å². The number of carbonyl (C=O) groups is 2. The van der Waals surface area contributed by atoms with Gasteiger partial charge in [-0.15, -0.1) is 0 Å². The Labute approximate surface area is 246 Å². The number of aliphatic hydroxyl groups is 1. The zero-order valence-corrected chi connectivity index (χ0v) is 26.5. The maximum absolute atomic E-state index is 13.0. The van der Waals surface area contributed by atoms with Crippen LogP contribution in [0.3, 0.4) is 0 Å². The van der Waals surface area contributed by atoms with Gasteiger partial charge in [0.05, 0.1) is 18.3 Å². The molecule has 0 aromatic heterocycles. The lowest BCUT2D eigenvalue weighted by molar-refractivity contribution is -0.132. The first-order chi connectivity index (χ1) is 19.2. The minimum atomic E-state index is -0.986. The van der Waals surface area contributed by atoms with Gasteiger partial charge in [0, 0.05) is 31.3 Å². The lowest BCUT2D eigenvalue weighted by Crippen LogP contribution is -2.31. The maximum Gasteiger partial charge on any atom is 0.164 e. The van der Waals surface area contributed by atoms with Crippen LogP contribution in [0.25, 0.3) is 0 Å². The van der Waals surface area contributed by atoms with Gasteiger partial charge in [-0.2, -0.15) is 0 Å². The summed E-state index contributed by atoms with van der Waals surface area (Å²) < 4.78 is 12.5. The minimum absolute atomic E-state index is 0.0657. The minimum Gasteiger partial charge on any atom is -0.385 e. The van der Waals surface area contributed by atoms with E-state index in [9.17, 15) is 14.7 Å². The van der Waals surface area contributed by atoms with Crippen LogP contribution in [0.5, 0.6) is 0 Å². The van der Waals surface area contributed by atoms with Crippen molar-refractivity contribution in [3.8, 4) is 0 Å². The highest BCUT2D eigenvalue weighted by molar-refractivity contribution is 5.85. The molecular weight excluding hydrogens is 500 g/mol. The zero-order chi connectivity index (χ0) is 29.3. The molecule has 0 aromatic carbocycles. The fourth-order valence-corrected chi connectivity index (χ4v) is 6.62. The number of ketones is 2. The summed E-state index contributed by atoms with van der Waals surface area (Å²) in [5, 5.41) is 10.8. The van der Waals surface area contributed by atoms with Crippen molar-refractivity contribution in [2.45, 2.75) is 174 Å². The van der Waals surface area contributed by atoms with Gasteiger partial charge in [0.2, 0.25) is 0 Å². The van der Waals surface area contributed by atoms with Crippen LogP contribution in [0.2, 0.25) is 0 Å². The molecule has 2 heterocycles. The first-order valence-corrected chi connectivity index (χ1v) is 16.9. The summed E-state index contributed by atoms with van der Waals surface area (Å²) in [4.78, 5) is 25.6. The van der Waals surface area contributed by atoms with Crippen LogP contribution in [0.4, 0.5) is 0 Å². The van der Waals surface area contributed by atoms with Gasteiger partial charge in [0.1, 0.15) is 11.9 Å². The van der Waals surface area contributed by atoms with E-state index in [4.69, 9.17) is 9.47 Å². The summed E-state index contributed by atoms with van der Waals surface area (Å²) in [7, 11) is 0. The van der Waals surface area contributed by atoms with Crippen molar-refractivity contribution in [1.29, 1.82) is 0 Å². The van der Waals surface area contributed by atoms with E-state index in [0.29, 0.717) is 24.5 Å². The van der Waals surface area contributed by atoms with Crippen LogP contribution in [0.15, 0.2) is 12.2 Å². The van der Waals surface area contributed by atoms with Crippen molar-refractivity contribution in [3.05, 3.63) is 12.2 Å². The second kappa shape index (κ2) is 20.0. The quantitative estimate of drug-likeness (QED) is 0.341. The van der Waals surface area contributed by atoms with Gasteiger partial charge >= 0.3 is 0 Å². The smallest absolute Gasteiger partial charge is 0.164 e. The maximum atomic E-state index is 13.0. The van der Waals surface area contributed by atoms with E-state index in [0.717, 1.165) is 82.8 Å². The van der Waals surface area contributed by atoms with Crippen molar-refractivity contribution in [2.24, 2.45) is 17.8 Å². The van der Waals surface area contributed by atoms with Crippen molar-refractivity contribution >= 4 is 11.6 Å². The molecule has 232 valence electrons. The first kappa shape index (κ1) is 35.2. The number of aliphatic hydroxyl groups excluding tert-OH is 1. The van der Waals surface area contributed by atoms with E-state index in [1.807, 2.05) is 6.92 Å². The third-order valence-corrected chi connectivity index (χ3v) is 9.26. The van der Waals surface area contributed by atoms with E-state index < -0.39 is 6.10 Å². The lowest BCUT2D eigenvalue weighted by atomic mass is 9.89. The number of fused-ring (bicyclic) bond motifs is 2. The van der Waals surface area contributed by atoms with E-state index in [2.05, 4.69) is 27.4 Å². The van der Waals surface area contributed by atoms with E-state index in [-0.39, 0.29) is 35.9 Å². The molecule has 40 heavy (non-hydrogen) atoms. The molecule has 2 aliphatic heterocycles. The number of hydrogen-bond acceptors (Lipinski definition) is 5. The standard InChI is InChI=1S/C35H62O5/c1-6-17-30-23-26(2)22-29(5)35(38)33(37)25-31-24-28(4)34(40-31)20-15-14-18-27(3)32(36)19-13-11-9-7-8-10-12-16-21-39-30/h27-31,33-34,37H,2,6-25H2,1,3-5H3/t27-,28-,29+,30+,31+,33-,34-/m0/s1. The fourth-order valence-electron chi connectivity index (χ4n) is 6.62. The Kier molecular flexibility index (Phi) is 17.6.